The first-order valence-corrected chi connectivity index (χ1v) is 11.5. The number of aryl methyl sites for hydroxylation is 1. The van der Waals surface area contributed by atoms with E-state index in [1.807, 2.05) is 18.2 Å². The highest BCUT2D eigenvalue weighted by Crippen LogP contribution is 2.33. The van der Waals surface area contributed by atoms with Crippen molar-refractivity contribution in [3.8, 4) is 0 Å². The summed E-state index contributed by atoms with van der Waals surface area (Å²) in [4.78, 5) is 26.7. The molecule has 33 heavy (non-hydrogen) atoms. The fourth-order valence-corrected chi connectivity index (χ4v) is 4.48. The molecule has 0 radical (unpaired) electrons. The van der Waals surface area contributed by atoms with E-state index in [0.717, 1.165) is 35.3 Å². The molecule has 1 amide bonds. The zero-order valence-corrected chi connectivity index (χ0v) is 19.0. The molecule has 1 heterocycles. The fourth-order valence-electron chi connectivity index (χ4n) is 4.48. The maximum atomic E-state index is 13.1. The first-order chi connectivity index (χ1) is 16.0. The molecule has 170 valence electrons. The van der Waals surface area contributed by atoms with E-state index in [4.69, 9.17) is 5.11 Å². The number of nitrogens with one attached hydrogen (secondary N) is 1. The number of hydrogen-bond donors (Lipinski definition) is 2. The fraction of sp³-hybridized carbons (Fsp3) is 0.286. The van der Waals surface area contributed by atoms with Crippen LogP contribution in [0.25, 0.3) is 0 Å². The number of amides is 1. The molecule has 0 spiro atoms. The van der Waals surface area contributed by atoms with Gasteiger partial charge in [0.05, 0.1) is 18.0 Å². The molecule has 0 aromatic heterocycles. The van der Waals surface area contributed by atoms with Crippen molar-refractivity contribution in [3.05, 3.63) is 101 Å². The Balaban J connectivity index is 1.63. The minimum absolute atomic E-state index is 0.0990. The third-order valence-corrected chi connectivity index (χ3v) is 6.19. The lowest BCUT2D eigenvalue weighted by molar-refractivity contribution is -0.120. The number of carbonyl (C=O) groups excluding carboxylic acids is 1. The van der Waals surface area contributed by atoms with Gasteiger partial charge in [0.25, 0.3) is 0 Å². The number of aromatic carboxylic acids is 1. The van der Waals surface area contributed by atoms with Crippen LogP contribution in [-0.2, 0) is 11.2 Å². The lowest BCUT2D eigenvalue weighted by Crippen LogP contribution is -2.34. The van der Waals surface area contributed by atoms with Crippen molar-refractivity contribution in [1.82, 2.24) is 5.32 Å². The molecule has 1 aliphatic rings. The van der Waals surface area contributed by atoms with Crippen molar-refractivity contribution in [2.75, 3.05) is 18.0 Å². The van der Waals surface area contributed by atoms with Crippen molar-refractivity contribution in [3.63, 3.8) is 0 Å². The van der Waals surface area contributed by atoms with E-state index in [-0.39, 0.29) is 23.9 Å². The summed E-state index contributed by atoms with van der Waals surface area (Å²) in [5.41, 5.74) is 5.48. The van der Waals surface area contributed by atoms with Gasteiger partial charge in [-0.2, -0.15) is 0 Å². The summed E-state index contributed by atoms with van der Waals surface area (Å²) in [5, 5.41) is 12.4. The third kappa shape index (κ3) is 5.61. The number of benzene rings is 3. The first-order valence-electron chi connectivity index (χ1n) is 11.5. The molecule has 4 rings (SSSR count). The van der Waals surface area contributed by atoms with E-state index in [2.05, 4.69) is 47.5 Å². The number of carbonyl (C=O) groups is 2. The number of carboxylic acids is 1. The Kier molecular flexibility index (Phi) is 7.08. The highest BCUT2D eigenvalue weighted by molar-refractivity contribution is 5.88. The van der Waals surface area contributed by atoms with Gasteiger partial charge in [0, 0.05) is 24.3 Å². The van der Waals surface area contributed by atoms with Gasteiger partial charge in [-0.3, -0.25) is 4.79 Å². The predicted molar refractivity (Wildman–Crippen MR) is 131 cm³/mol. The second-order valence-electron chi connectivity index (χ2n) is 8.70. The van der Waals surface area contributed by atoms with Crippen LogP contribution in [0.5, 0.6) is 0 Å². The van der Waals surface area contributed by atoms with Crippen molar-refractivity contribution >= 4 is 17.6 Å². The van der Waals surface area contributed by atoms with Crippen molar-refractivity contribution in [2.24, 2.45) is 0 Å². The molecule has 2 N–H and O–H groups in total. The van der Waals surface area contributed by atoms with Crippen LogP contribution in [0.3, 0.4) is 0 Å². The molecule has 0 saturated carbocycles. The smallest absolute Gasteiger partial charge is 0.335 e. The molecule has 1 fully saturated rings. The molecule has 0 aliphatic carbocycles. The molecule has 1 unspecified atom stereocenters. The van der Waals surface area contributed by atoms with Gasteiger partial charge in [-0.05, 0) is 55.5 Å². The maximum Gasteiger partial charge on any atom is 0.335 e. The largest absolute Gasteiger partial charge is 0.478 e. The SMILES string of the molecule is Cc1ccc(N2CCCCC2)c(C(NC(=O)Cc2ccc(C(=O)O)cc2)c2ccccc2)c1. The maximum absolute atomic E-state index is 13.1. The van der Waals surface area contributed by atoms with Crippen LogP contribution in [-0.4, -0.2) is 30.1 Å². The number of carboxylic acid groups (broad SMARTS) is 1. The van der Waals surface area contributed by atoms with Gasteiger partial charge in [-0.15, -0.1) is 0 Å². The van der Waals surface area contributed by atoms with E-state index in [1.54, 1.807) is 12.1 Å². The second kappa shape index (κ2) is 10.3. The second-order valence-corrected chi connectivity index (χ2v) is 8.70. The Morgan fingerprint density at radius 3 is 2.30 bits per heavy atom. The van der Waals surface area contributed by atoms with Crippen LogP contribution in [0.2, 0.25) is 0 Å². The summed E-state index contributed by atoms with van der Waals surface area (Å²) in [6.07, 6.45) is 3.81. The average molecular weight is 443 g/mol. The minimum Gasteiger partial charge on any atom is -0.478 e. The zero-order valence-electron chi connectivity index (χ0n) is 19.0. The van der Waals surface area contributed by atoms with Crippen LogP contribution < -0.4 is 10.2 Å². The quantitative estimate of drug-likeness (QED) is 0.532. The normalized spacial score (nSPS) is 14.5. The predicted octanol–water partition coefficient (Wildman–Crippen LogP) is 5.13. The van der Waals surface area contributed by atoms with E-state index in [1.165, 1.54) is 37.1 Å². The van der Waals surface area contributed by atoms with E-state index in [0.29, 0.717) is 0 Å². The summed E-state index contributed by atoms with van der Waals surface area (Å²) in [6, 6.07) is 22.8. The van der Waals surface area contributed by atoms with Gasteiger partial charge in [-0.1, -0.05) is 60.2 Å². The van der Waals surface area contributed by atoms with E-state index in [9.17, 15) is 9.59 Å². The first kappa shape index (κ1) is 22.6. The van der Waals surface area contributed by atoms with Crippen LogP contribution in [0, 0.1) is 6.92 Å². The van der Waals surface area contributed by atoms with Crippen LogP contribution in [0.4, 0.5) is 5.69 Å². The standard InChI is InChI=1S/C28H30N2O3/c1-20-10-15-25(30-16-6-3-7-17-30)24(18-20)27(22-8-4-2-5-9-22)29-26(31)19-21-11-13-23(14-12-21)28(32)33/h2,4-5,8-15,18,27H,3,6-7,16-17,19H2,1H3,(H,29,31)(H,32,33). The Morgan fingerprint density at radius 1 is 0.939 bits per heavy atom. The van der Waals surface area contributed by atoms with Crippen molar-refractivity contribution in [1.29, 1.82) is 0 Å². The highest BCUT2D eigenvalue weighted by Gasteiger charge is 2.23. The van der Waals surface area contributed by atoms with Gasteiger partial charge in [0.15, 0.2) is 0 Å². The molecule has 3 aromatic carbocycles. The molecule has 5 heteroatoms. The molecule has 5 nitrogen and oxygen atoms in total. The van der Waals surface area contributed by atoms with E-state index >= 15 is 0 Å². The van der Waals surface area contributed by atoms with Crippen LogP contribution in [0.1, 0.15) is 57.9 Å². The van der Waals surface area contributed by atoms with Crippen LogP contribution in [0.15, 0.2) is 72.8 Å². The molecule has 3 aromatic rings. The number of hydrogen-bond acceptors (Lipinski definition) is 3. The Bertz CT molecular complexity index is 1100. The lowest BCUT2D eigenvalue weighted by Gasteiger charge is -2.33. The zero-order chi connectivity index (χ0) is 23.2. The number of nitrogens with zero attached hydrogens (tertiary/aromatic N) is 1. The summed E-state index contributed by atoms with van der Waals surface area (Å²) < 4.78 is 0. The summed E-state index contributed by atoms with van der Waals surface area (Å²) in [5.74, 6) is -1.07. The molecule has 1 atom stereocenters. The van der Waals surface area contributed by atoms with Crippen LogP contribution >= 0.6 is 0 Å². The highest BCUT2D eigenvalue weighted by atomic mass is 16.4. The van der Waals surface area contributed by atoms with Gasteiger partial charge in [0.2, 0.25) is 5.91 Å². The molecular formula is C28H30N2O3. The molecule has 1 aliphatic heterocycles. The minimum atomic E-state index is -0.972. The monoisotopic (exact) mass is 442 g/mol. The number of rotatable bonds is 7. The topological polar surface area (TPSA) is 69.6 Å². The summed E-state index contributed by atoms with van der Waals surface area (Å²) in [7, 11) is 0. The summed E-state index contributed by atoms with van der Waals surface area (Å²) in [6.45, 7) is 4.14. The Labute approximate surface area is 195 Å². The molecular weight excluding hydrogens is 412 g/mol. The van der Waals surface area contributed by atoms with Gasteiger partial charge < -0.3 is 15.3 Å². The van der Waals surface area contributed by atoms with Gasteiger partial charge in [-0.25, -0.2) is 4.79 Å². The average Bonchev–Trinajstić information content (AvgIpc) is 2.84. The van der Waals surface area contributed by atoms with Gasteiger partial charge in [0.1, 0.15) is 0 Å². The molecule has 0 bridgehead atoms. The van der Waals surface area contributed by atoms with Crippen molar-refractivity contribution in [2.45, 2.75) is 38.6 Å². The Morgan fingerprint density at radius 2 is 1.64 bits per heavy atom. The summed E-state index contributed by atoms with van der Waals surface area (Å²) >= 11 is 0. The lowest BCUT2D eigenvalue weighted by atomic mass is 9.94. The number of anilines is 1. The third-order valence-electron chi connectivity index (χ3n) is 6.19. The van der Waals surface area contributed by atoms with Crippen molar-refractivity contribution < 1.29 is 14.7 Å². The van der Waals surface area contributed by atoms with Gasteiger partial charge >= 0.3 is 5.97 Å². The molecule has 1 saturated heterocycles. The Hall–Kier alpha value is -3.60. The van der Waals surface area contributed by atoms with E-state index < -0.39 is 5.97 Å². The number of piperidine rings is 1.